The van der Waals surface area contributed by atoms with Gasteiger partial charge in [-0.3, -0.25) is 0 Å². The summed E-state index contributed by atoms with van der Waals surface area (Å²) in [6.45, 7) is 10.8. The van der Waals surface area contributed by atoms with Crippen molar-refractivity contribution in [3.8, 4) is 11.3 Å². The Kier molecular flexibility index (Phi) is 2.85. The molecule has 0 aliphatic rings. The molecule has 0 aliphatic carbocycles. The van der Waals surface area contributed by atoms with E-state index in [4.69, 9.17) is 0 Å². The Labute approximate surface area is 101 Å². The molecule has 1 aromatic carbocycles. The second-order valence-corrected chi connectivity index (χ2v) is 5.43. The predicted octanol–water partition coefficient (Wildman–Crippen LogP) is 4.35. The Balaban J connectivity index is 2.66. The van der Waals surface area contributed by atoms with E-state index in [-0.39, 0.29) is 0 Å². The van der Waals surface area contributed by atoms with Gasteiger partial charge < -0.3 is 0 Å². The van der Waals surface area contributed by atoms with E-state index in [2.05, 4.69) is 51.0 Å². The van der Waals surface area contributed by atoms with Crippen molar-refractivity contribution < 1.29 is 0 Å². The first-order valence-corrected chi connectivity index (χ1v) is 6.38. The maximum Gasteiger partial charge on any atom is 0.0901 e. The lowest BCUT2D eigenvalue weighted by Gasteiger charge is -2.12. The van der Waals surface area contributed by atoms with Crippen LogP contribution in [0, 0.1) is 34.6 Å². The second kappa shape index (κ2) is 4.02. The predicted molar refractivity (Wildman–Crippen MR) is 71.2 cm³/mol. The van der Waals surface area contributed by atoms with Crippen LogP contribution in [-0.2, 0) is 0 Å². The van der Waals surface area contributed by atoms with Gasteiger partial charge in [0.1, 0.15) is 0 Å². The van der Waals surface area contributed by atoms with E-state index >= 15 is 0 Å². The van der Waals surface area contributed by atoms with Gasteiger partial charge in [-0.15, -0.1) is 11.3 Å². The van der Waals surface area contributed by atoms with Crippen LogP contribution in [0.2, 0.25) is 0 Å². The van der Waals surface area contributed by atoms with Crippen molar-refractivity contribution in [2.75, 3.05) is 0 Å². The van der Waals surface area contributed by atoms with Crippen LogP contribution >= 0.6 is 11.3 Å². The number of aryl methyl sites for hydroxylation is 2. The minimum atomic E-state index is 1.12. The van der Waals surface area contributed by atoms with Gasteiger partial charge in [-0.25, -0.2) is 4.98 Å². The van der Waals surface area contributed by atoms with Crippen LogP contribution in [0.5, 0.6) is 0 Å². The lowest BCUT2D eigenvalue weighted by molar-refractivity contribution is 1.20. The smallest absolute Gasteiger partial charge is 0.0901 e. The van der Waals surface area contributed by atoms with Crippen molar-refractivity contribution in [3.63, 3.8) is 0 Å². The van der Waals surface area contributed by atoms with Crippen molar-refractivity contribution in [1.29, 1.82) is 0 Å². The Morgan fingerprint density at radius 1 is 0.938 bits per heavy atom. The first kappa shape index (κ1) is 11.3. The van der Waals surface area contributed by atoms with Crippen LogP contribution in [0.15, 0.2) is 11.4 Å². The van der Waals surface area contributed by atoms with Gasteiger partial charge in [0, 0.05) is 10.9 Å². The third-order valence-electron chi connectivity index (χ3n) is 3.38. The highest BCUT2D eigenvalue weighted by molar-refractivity contribution is 7.09. The highest BCUT2D eigenvalue weighted by atomic mass is 32.1. The van der Waals surface area contributed by atoms with E-state index in [0.29, 0.717) is 0 Å². The number of hydrogen-bond donors (Lipinski definition) is 0. The molecule has 0 radical (unpaired) electrons. The van der Waals surface area contributed by atoms with E-state index in [0.717, 1.165) is 10.7 Å². The monoisotopic (exact) mass is 231 g/mol. The number of rotatable bonds is 1. The summed E-state index contributed by atoms with van der Waals surface area (Å²) >= 11 is 1.71. The van der Waals surface area contributed by atoms with Gasteiger partial charge in [0.15, 0.2) is 0 Å². The Morgan fingerprint density at radius 2 is 1.62 bits per heavy atom. The van der Waals surface area contributed by atoms with Gasteiger partial charge >= 0.3 is 0 Å². The minimum Gasteiger partial charge on any atom is -0.242 e. The number of aromatic nitrogens is 1. The van der Waals surface area contributed by atoms with Crippen LogP contribution in [0.3, 0.4) is 0 Å². The zero-order chi connectivity index (χ0) is 11.9. The number of nitrogens with zero attached hydrogens (tertiary/aromatic N) is 1. The molecule has 0 fully saturated rings. The zero-order valence-electron chi connectivity index (χ0n) is 10.5. The van der Waals surface area contributed by atoms with Crippen LogP contribution in [0.1, 0.15) is 27.3 Å². The van der Waals surface area contributed by atoms with E-state index in [1.165, 1.54) is 27.8 Å². The molecule has 2 aromatic rings. The Hall–Kier alpha value is -1.15. The maximum absolute atomic E-state index is 4.57. The fourth-order valence-electron chi connectivity index (χ4n) is 1.97. The molecule has 1 heterocycles. The molecule has 84 valence electrons. The summed E-state index contributed by atoms with van der Waals surface area (Å²) in [5.41, 5.74) is 7.89. The number of benzene rings is 1. The van der Waals surface area contributed by atoms with Crippen LogP contribution in [0.25, 0.3) is 11.3 Å². The van der Waals surface area contributed by atoms with Gasteiger partial charge in [-0.05, 0) is 62.9 Å². The summed E-state index contributed by atoms with van der Waals surface area (Å²) in [7, 11) is 0. The van der Waals surface area contributed by atoms with Crippen molar-refractivity contribution in [3.05, 3.63) is 38.7 Å². The molecule has 0 saturated carbocycles. The highest BCUT2D eigenvalue weighted by Crippen LogP contribution is 2.30. The molecular weight excluding hydrogens is 214 g/mol. The first-order valence-electron chi connectivity index (χ1n) is 5.50. The van der Waals surface area contributed by atoms with Crippen molar-refractivity contribution in [1.82, 2.24) is 4.98 Å². The molecule has 0 saturated heterocycles. The number of thiazole rings is 1. The van der Waals surface area contributed by atoms with Crippen LogP contribution < -0.4 is 0 Å². The first-order chi connectivity index (χ1) is 7.50. The van der Waals surface area contributed by atoms with Gasteiger partial charge in [-0.2, -0.15) is 0 Å². The van der Waals surface area contributed by atoms with E-state index in [9.17, 15) is 0 Å². The molecule has 0 amide bonds. The van der Waals surface area contributed by atoms with Gasteiger partial charge in [0.25, 0.3) is 0 Å². The minimum absolute atomic E-state index is 1.12. The highest BCUT2D eigenvalue weighted by Gasteiger charge is 2.10. The quantitative estimate of drug-likeness (QED) is 0.711. The SMILES string of the molecule is Cc1nc(-c2cc(C)c(C)c(C)c2C)cs1. The van der Waals surface area contributed by atoms with Crippen molar-refractivity contribution in [2.45, 2.75) is 34.6 Å². The summed E-state index contributed by atoms with van der Waals surface area (Å²) in [6.07, 6.45) is 0. The average molecular weight is 231 g/mol. The fraction of sp³-hybridized carbons (Fsp3) is 0.357. The Morgan fingerprint density at radius 3 is 2.19 bits per heavy atom. The van der Waals surface area contributed by atoms with E-state index in [1.807, 2.05) is 0 Å². The maximum atomic E-state index is 4.57. The summed E-state index contributed by atoms with van der Waals surface area (Å²) in [5, 5.41) is 3.27. The molecule has 0 atom stereocenters. The normalized spacial score (nSPS) is 10.8. The Bertz CT molecular complexity index is 538. The fourth-order valence-corrected chi connectivity index (χ4v) is 2.58. The topological polar surface area (TPSA) is 12.9 Å². The molecule has 1 nitrogen and oxygen atoms in total. The van der Waals surface area contributed by atoms with Crippen molar-refractivity contribution >= 4 is 11.3 Å². The lowest BCUT2D eigenvalue weighted by Crippen LogP contribution is -1.94. The number of hydrogen-bond acceptors (Lipinski definition) is 2. The summed E-state index contributed by atoms with van der Waals surface area (Å²) in [5.74, 6) is 0. The summed E-state index contributed by atoms with van der Waals surface area (Å²) in [6, 6.07) is 2.26. The third kappa shape index (κ3) is 1.78. The second-order valence-electron chi connectivity index (χ2n) is 4.37. The molecule has 0 spiro atoms. The molecule has 0 aliphatic heterocycles. The van der Waals surface area contributed by atoms with Crippen LogP contribution in [0.4, 0.5) is 0 Å². The van der Waals surface area contributed by atoms with Gasteiger partial charge in [-0.1, -0.05) is 0 Å². The summed E-state index contributed by atoms with van der Waals surface area (Å²) < 4.78 is 0. The molecule has 1 aromatic heterocycles. The zero-order valence-corrected chi connectivity index (χ0v) is 11.3. The molecule has 0 unspecified atom stereocenters. The van der Waals surface area contributed by atoms with Gasteiger partial charge in [0.2, 0.25) is 0 Å². The largest absolute Gasteiger partial charge is 0.242 e. The van der Waals surface area contributed by atoms with Crippen LogP contribution in [-0.4, -0.2) is 4.98 Å². The standard InChI is InChI=1S/C14H17NS/c1-8-6-13(11(4)10(3)9(8)2)14-7-16-12(5)15-14/h6-7H,1-5H3. The molecule has 2 rings (SSSR count). The van der Waals surface area contributed by atoms with Crippen molar-refractivity contribution in [2.24, 2.45) is 0 Å². The van der Waals surface area contributed by atoms with Gasteiger partial charge in [0.05, 0.1) is 10.7 Å². The lowest BCUT2D eigenvalue weighted by atomic mass is 9.93. The van der Waals surface area contributed by atoms with E-state index < -0.39 is 0 Å². The molecular formula is C14H17NS. The van der Waals surface area contributed by atoms with E-state index in [1.54, 1.807) is 11.3 Å². The molecule has 16 heavy (non-hydrogen) atoms. The molecule has 0 bridgehead atoms. The molecule has 2 heteroatoms. The molecule has 0 N–H and O–H groups in total. The average Bonchev–Trinajstić information content (AvgIpc) is 2.67. The summed E-state index contributed by atoms with van der Waals surface area (Å²) in [4.78, 5) is 4.57. The third-order valence-corrected chi connectivity index (χ3v) is 4.15.